The highest BCUT2D eigenvalue weighted by atomic mass is 35.5. The van der Waals surface area contributed by atoms with Gasteiger partial charge in [-0.15, -0.1) is 0 Å². The van der Waals surface area contributed by atoms with E-state index >= 15 is 0 Å². The van der Waals surface area contributed by atoms with Crippen LogP contribution in [0.25, 0.3) is 11.4 Å². The molecule has 0 atom stereocenters. The summed E-state index contributed by atoms with van der Waals surface area (Å²) in [5, 5.41) is 1.02. The zero-order chi connectivity index (χ0) is 11.7. The van der Waals surface area contributed by atoms with Gasteiger partial charge in [-0.1, -0.05) is 23.2 Å². The minimum Gasteiger partial charge on any atom is -0.369 e. The third kappa shape index (κ3) is 2.32. The Labute approximate surface area is 106 Å². The Morgan fingerprint density at radius 3 is 2.62 bits per heavy atom. The van der Waals surface area contributed by atoms with Gasteiger partial charge in [0.25, 0.3) is 0 Å². The number of hydrogen-bond donors (Lipinski definition) is 2. The first-order chi connectivity index (χ1) is 7.56. The molecule has 0 aliphatic rings. The number of hydrogen-bond acceptors (Lipinski definition) is 4. The molecule has 0 fully saturated rings. The smallest absolute Gasteiger partial charge is 0.224 e. The van der Waals surface area contributed by atoms with Crippen molar-refractivity contribution >= 4 is 41.4 Å². The van der Waals surface area contributed by atoms with E-state index in [4.69, 9.17) is 41.2 Å². The standard InChI is InChI=1S/C9H6Cl2N4S/c10-4-1-2-5(6(11)3-4)7-13-8(12)15-9(16)14-7/h1-3H,(H3,12,13,14,15,16). The molecule has 0 saturated heterocycles. The molecule has 2 rings (SSSR count). The average Bonchev–Trinajstić information content (AvgIpc) is 2.15. The summed E-state index contributed by atoms with van der Waals surface area (Å²) in [4.78, 5) is 10.6. The van der Waals surface area contributed by atoms with Crippen LogP contribution in [0.1, 0.15) is 0 Å². The first kappa shape index (κ1) is 11.3. The maximum atomic E-state index is 6.03. The maximum absolute atomic E-state index is 6.03. The van der Waals surface area contributed by atoms with Crippen LogP contribution in [0.3, 0.4) is 0 Å². The first-order valence-corrected chi connectivity index (χ1v) is 5.42. The van der Waals surface area contributed by atoms with E-state index in [0.717, 1.165) is 0 Å². The fraction of sp³-hybridized carbons (Fsp3) is 0. The lowest BCUT2D eigenvalue weighted by Gasteiger charge is -2.04. The van der Waals surface area contributed by atoms with Gasteiger partial charge in [0.1, 0.15) is 5.82 Å². The van der Waals surface area contributed by atoms with Crippen molar-refractivity contribution in [2.45, 2.75) is 0 Å². The van der Waals surface area contributed by atoms with Crippen molar-refractivity contribution in [3.63, 3.8) is 0 Å². The number of halogens is 2. The molecule has 4 nitrogen and oxygen atoms in total. The van der Waals surface area contributed by atoms with Crippen molar-refractivity contribution in [1.29, 1.82) is 0 Å². The highest BCUT2D eigenvalue weighted by Gasteiger charge is 2.07. The molecule has 0 unspecified atom stereocenters. The van der Waals surface area contributed by atoms with E-state index in [2.05, 4.69) is 15.0 Å². The van der Waals surface area contributed by atoms with Gasteiger partial charge in [0, 0.05) is 10.6 Å². The number of H-pyrrole nitrogens is 1. The van der Waals surface area contributed by atoms with Gasteiger partial charge in [0.05, 0.1) is 5.02 Å². The monoisotopic (exact) mass is 272 g/mol. The summed E-state index contributed by atoms with van der Waals surface area (Å²) >= 11 is 16.7. The summed E-state index contributed by atoms with van der Waals surface area (Å²) in [5.74, 6) is 0.667. The van der Waals surface area contributed by atoms with Crippen LogP contribution in [-0.4, -0.2) is 15.0 Å². The highest BCUT2D eigenvalue weighted by Crippen LogP contribution is 2.27. The predicted octanol–water partition coefficient (Wildman–Crippen LogP) is 3.09. The Bertz CT molecular complexity index is 596. The summed E-state index contributed by atoms with van der Waals surface area (Å²) in [6, 6.07) is 5.06. The summed E-state index contributed by atoms with van der Waals surface area (Å²) in [5.41, 5.74) is 6.21. The number of benzene rings is 1. The number of aromatic amines is 1. The quantitative estimate of drug-likeness (QED) is 0.783. The van der Waals surface area contributed by atoms with Gasteiger partial charge in [0.2, 0.25) is 10.7 Å². The molecule has 0 aliphatic heterocycles. The zero-order valence-corrected chi connectivity index (χ0v) is 10.2. The van der Waals surface area contributed by atoms with E-state index in [1.165, 1.54) is 0 Å². The van der Waals surface area contributed by atoms with Crippen LogP contribution < -0.4 is 5.73 Å². The van der Waals surface area contributed by atoms with Crippen LogP contribution in [-0.2, 0) is 0 Å². The molecule has 0 saturated carbocycles. The number of nitrogens with two attached hydrogens (primary N) is 1. The van der Waals surface area contributed by atoms with Crippen molar-refractivity contribution in [2.24, 2.45) is 0 Å². The Balaban J connectivity index is 2.63. The van der Waals surface area contributed by atoms with E-state index in [9.17, 15) is 0 Å². The fourth-order valence-electron chi connectivity index (χ4n) is 1.21. The van der Waals surface area contributed by atoms with Gasteiger partial charge < -0.3 is 10.7 Å². The van der Waals surface area contributed by atoms with Gasteiger partial charge in [-0.2, -0.15) is 4.98 Å². The number of nitrogen functional groups attached to an aromatic ring is 1. The number of nitrogens with zero attached hydrogens (tertiary/aromatic N) is 2. The van der Waals surface area contributed by atoms with Gasteiger partial charge >= 0.3 is 0 Å². The molecule has 1 heterocycles. The van der Waals surface area contributed by atoms with E-state index in [-0.39, 0.29) is 10.7 Å². The lowest BCUT2D eigenvalue weighted by molar-refractivity contribution is 1.05. The van der Waals surface area contributed by atoms with Crippen molar-refractivity contribution < 1.29 is 0 Å². The summed E-state index contributed by atoms with van der Waals surface area (Å²) < 4.78 is 0.164. The molecule has 2 aromatic rings. The van der Waals surface area contributed by atoms with Crippen LogP contribution in [0.2, 0.25) is 10.0 Å². The second-order valence-corrected chi connectivity index (χ2v) is 4.20. The maximum Gasteiger partial charge on any atom is 0.224 e. The van der Waals surface area contributed by atoms with Gasteiger partial charge in [-0.25, -0.2) is 4.98 Å². The second-order valence-electron chi connectivity index (χ2n) is 2.99. The molecule has 7 heteroatoms. The molecule has 0 amide bonds. The average molecular weight is 273 g/mol. The molecule has 0 spiro atoms. The molecular weight excluding hydrogens is 267 g/mol. The highest BCUT2D eigenvalue weighted by molar-refractivity contribution is 7.71. The van der Waals surface area contributed by atoms with Crippen LogP contribution >= 0.6 is 35.4 Å². The van der Waals surface area contributed by atoms with Crippen LogP contribution in [0, 0.1) is 4.77 Å². The first-order valence-electron chi connectivity index (χ1n) is 4.25. The molecule has 0 radical (unpaired) electrons. The molecule has 3 N–H and O–H groups in total. The van der Waals surface area contributed by atoms with Crippen molar-refractivity contribution in [1.82, 2.24) is 15.0 Å². The Kier molecular flexibility index (Phi) is 3.09. The predicted molar refractivity (Wildman–Crippen MR) is 67.1 cm³/mol. The van der Waals surface area contributed by atoms with E-state index in [1.807, 2.05) is 0 Å². The number of anilines is 1. The molecule has 16 heavy (non-hydrogen) atoms. The Morgan fingerprint density at radius 2 is 2.00 bits per heavy atom. The lowest BCUT2D eigenvalue weighted by atomic mass is 10.2. The second kappa shape index (κ2) is 4.37. The summed E-state index contributed by atoms with van der Waals surface area (Å²) in [6.07, 6.45) is 0. The molecule has 0 aliphatic carbocycles. The Hall–Kier alpha value is -1.17. The van der Waals surface area contributed by atoms with E-state index < -0.39 is 0 Å². The minimum atomic E-state index is 0.164. The van der Waals surface area contributed by atoms with E-state index in [1.54, 1.807) is 18.2 Å². The van der Waals surface area contributed by atoms with Crippen LogP contribution in [0.5, 0.6) is 0 Å². The number of rotatable bonds is 1. The lowest BCUT2D eigenvalue weighted by Crippen LogP contribution is -2.00. The summed E-state index contributed by atoms with van der Waals surface area (Å²) in [6.45, 7) is 0. The SMILES string of the molecule is Nc1nc(=S)nc(-c2ccc(Cl)cc2Cl)[nH]1. The van der Waals surface area contributed by atoms with E-state index in [0.29, 0.717) is 21.4 Å². The molecule has 0 bridgehead atoms. The largest absolute Gasteiger partial charge is 0.369 e. The fourth-order valence-corrected chi connectivity index (χ4v) is 1.90. The minimum absolute atomic E-state index is 0.164. The van der Waals surface area contributed by atoms with Crippen molar-refractivity contribution in [3.05, 3.63) is 33.0 Å². The molecule has 82 valence electrons. The molecule has 1 aromatic heterocycles. The topological polar surface area (TPSA) is 67.6 Å². The van der Waals surface area contributed by atoms with Gasteiger partial charge in [-0.3, -0.25) is 0 Å². The number of aromatic nitrogens is 3. The summed E-state index contributed by atoms with van der Waals surface area (Å²) in [7, 11) is 0. The molecule has 1 aromatic carbocycles. The van der Waals surface area contributed by atoms with Gasteiger partial charge in [-0.05, 0) is 30.4 Å². The third-order valence-corrected chi connectivity index (χ3v) is 2.59. The normalized spacial score (nSPS) is 10.4. The third-order valence-electron chi connectivity index (χ3n) is 1.86. The van der Waals surface area contributed by atoms with Crippen molar-refractivity contribution in [3.8, 4) is 11.4 Å². The van der Waals surface area contributed by atoms with Crippen LogP contribution in [0.15, 0.2) is 18.2 Å². The number of nitrogens with one attached hydrogen (secondary N) is 1. The Morgan fingerprint density at radius 1 is 1.25 bits per heavy atom. The zero-order valence-electron chi connectivity index (χ0n) is 7.87. The van der Waals surface area contributed by atoms with Crippen molar-refractivity contribution in [2.75, 3.05) is 5.73 Å². The van der Waals surface area contributed by atoms with Gasteiger partial charge in [0.15, 0.2) is 0 Å². The molecular formula is C9H6Cl2N4S. The van der Waals surface area contributed by atoms with Crippen LogP contribution in [0.4, 0.5) is 5.95 Å².